The third-order valence-electron chi connectivity index (χ3n) is 15.8. The minimum absolute atomic E-state index is 0.0392. The number of fused-ring (bicyclic) bond motifs is 8. The molecule has 5 heteroatoms. The van der Waals surface area contributed by atoms with Gasteiger partial charge in [-0.1, -0.05) is 210 Å². The van der Waals surface area contributed by atoms with E-state index in [9.17, 15) is 10.5 Å². The van der Waals surface area contributed by atoms with Gasteiger partial charge in [0.25, 0.3) is 0 Å². The molecule has 0 fully saturated rings. The van der Waals surface area contributed by atoms with Gasteiger partial charge in [0.1, 0.15) is 23.5 Å². The number of hydrogen-bond donors (Lipinski definition) is 0. The van der Waals surface area contributed by atoms with E-state index in [2.05, 4.69) is 239 Å². The minimum atomic E-state index is -3.07. The van der Waals surface area contributed by atoms with Crippen molar-refractivity contribution < 1.29 is 4.39 Å². The standard InChI is InChI=1S/C63H46FN3Si/c1-61(2)57-58(62(3,4)63(61)51-37-43(41-21-9-5-10-22-41)33-35-47(51)48-36-34-44(38-52(48)63)42-23-11-6-12-24-42)60(50(40-66)49(39-65)59(57)64)67-53-29-17-19-31-55(53)68(45-25-13-7-14-26-45,46-27-15-8-16-28-46)56-32-20-18-30-54(56)67/h5-38H,1-4H3. The monoisotopic (exact) mass is 891 g/mol. The van der Waals surface area contributed by atoms with Crippen LogP contribution in [0.25, 0.3) is 33.4 Å². The van der Waals surface area contributed by atoms with E-state index in [0.717, 1.165) is 71.8 Å². The summed E-state index contributed by atoms with van der Waals surface area (Å²) in [5, 5.41) is 27.6. The molecule has 1 heterocycles. The highest BCUT2D eigenvalue weighted by Crippen LogP contribution is 2.73. The molecular weight excluding hydrogens is 846 g/mol. The second-order valence-electron chi connectivity index (χ2n) is 19.5. The summed E-state index contributed by atoms with van der Waals surface area (Å²) < 4.78 is 18.5. The number of nitriles is 2. The average molecular weight is 892 g/mol. The molecule has 0 radical (unpaired) electrons. The highest BCUT2D eigenvalue weighted by atomic mass is 28.3. The topological polar surface area (TPSA) is 50.8 Å². The molecule has 68 heavy (non-hydrogen) atoms. The molecule has 3 aliphatic rings. The van der Waals surface area contributed by atoms with E-state index in [4.69, 9.17) is 0 Å². The lowest BCUT2D eigenvalue weighted by Crippen LogP contribution is -2.77. The Hall–Kier alpha value is -8.09. The van der Waals surface area contributed by atoms with Crippen LogP contribution >= 0.6 is 0 Å². The molecule has 0 saturated heterocycles. The van der Waals surface area contributed by atoms with Crippen LogP contribution < -0.4 is 25.6 Å². The van der Waals surface area contributed by atoms with Gasteiger partial charge in [-0.2, -0.15) is 10.5 Å². The molecule has 1 aliphatic heterocycles. The molecule has 0 bridgehead atoms. The van der Waals surface area contributed by atoms with Gasteiger partial charge >= 0.3 is 0 Å². The SMILES string of the molecule is CC1(C)c2c(F)c(C#N)c(C#N)c(N3c4ccccc4[Si](c4ccccc4)(c4ccccc4)c4ccccc43)c2C(C)(C)C12c1cc(-c3ccccc3)ccc1-c1ccc(-c3ccccc3)cc12. The van der Waals surface area contributed by atoms with Crippen molar-refractivity contribution in [3.05, 3.63) is 245 Å². The van der Waals surface area contributed by atoms with E-state index in [1.807, 2.05) is 12.1 Å². The van der Waals surface area contributed by atoms with Gasteiger partial charge in [-0.15, -0.1) is 0 Å². The zero-order valence-electron chi connectivity index (χ0n) is 38.3. The zero-order valence-corrected chi connectivity index (χ0v) is 39.3. The van der Waals surface area contributed by atoms with Crippen LogP contribution in [0.2, 0.25) is 0 Å². The summed E-state index contributed by atoms with van der Waals surface area (Å²) in [4.78, 5) is 2.23. The highest BCUT2D eigenvalue weighted by molar-refractivity contribution is 7.21. The maximum Gasteiger partial charge on any atom is 0.184 e. The number of halogens is 1. The summed E-state index contributed by atoms with van der Waals surface area (Å²) in [7, 11) is -3.07. The molecule has 0 amide bonds. The number of nitrogens with zero attached hydrogens (tertiary/aromatic N) is 3. The van der Waals surface area contributed by atoms with Gasteiger partial charge < -0.3 is 4.90 Å². The van der Waals surface area contributed by atoms with Crippen molar-refractivity contribution in [1.82, 2.24) is 0 Å². The van der Waals surface area contributed by atoms with Gasteiger partial charge in [0, 0.05) is 33.2 Å². The summed E-state index contributed by atoms with van der Waals surface area (Å²) in [5.41, 5.74) is 9.37. The fourth-order valence-electron chi connectivity index (χ4n) is 13.4. The van der Waals surface area contributed by atoms with Gasteiger partial charge in [-0.05, 0) is 95.1 Å². The molecule has 0 saturated carbocycles. The summed E-state index contributed by atoms with van der Waals surface area (Å²) in [5.74, 6) is -0.623. The predicted octanol–water partition coefficient (Wildman–Crippen LogP) is 12.6. The minimum Gasteiger partial charge on any atom is -0.309 e. The molecule has 0 unspecified atom stereocenters. The first-order chi connectivity index (χ1) is 33.1. The molecule has 0 aromatic heterocycles. The summed E-state index contributed by atoms with van der Waals surface area (Å²) in [6.07, 6.45) is 0. The van der Waals surface area contributed by atoms with Crippen LogP contribution in [0.1, 0.15) is 61.1 Å². The molecule has 1 spiro atoms. The fourth-order valence-corrected chi connectivity index (χ4v) is 18.5. The summed E-state index contributed by atoms with van der Waals surface area (Å²) >= 11 is 0. The van der Waals surface area contributed by atoms with E-state index in [0.29, 0.717) is 11.3 Å². The Morgan fingerprint density at radius 1 is 0.441 bits per heavy atom. The lowest BCUT2D eigenvalue weighted by atomic mass is 9.52. The van der Waals surface area contributed by atoms with Gasteiger partial charge in [0.05, 0.1) is 11.3 Å². The Balaban J connectivity index is 1.22. The van der Waals surface area contributed by atoms with E-state index in [1.165, 1.54) is 10.4 Å². The quantitative estimate of drug-likeness (QED) is 0.162. The molecule has 324 valence electrons. The largest absolute Gasteiger partial charge is 0.309 e. The second kappa shape index (κ2) is 15.0. The second-order valence-corrected chi connectivity index (χ2v) is 23.2. The van der Waals surface area contributed by atoms with Gasteiger partial charge in [0.15, 0.2) is 8.07 Å². The van der Waals surface area contributed by atoms with Crippen LogP contribution in [-0.4, -0.2) is 8.07 Å². The molecule has 0 N–H and O–H groups in total. The Bertz CT molecular complexity index is 3430. The number of anilines is 3. The first-order valence-electron chi connectivity index (χ1n) is 23.3. The number of rotatable bonds is 5. The lowest BCUT2D eigenvalue weighted by molar-refractivity contribution is 0.229. The van der Waals surface area contributed by atoms with Crippen LogP contribution in [0.4, 0.5) is 21.5 Å². The molecule has 12 rings (SSSR count). The van der Waals surface area contributed by atoms with Gasteiger partial charge in [-0.25, -0.2) is 4.39 Å². The molecule has 9 aromatic carbocycles. The number of hydrogen-bond acceptors (Lipinski definition) is 3. The molecule has 0 atom stereocenters. The van der Waals surface area contributed by atoms with Crippen LogP contribution in [0.5, 0.6) is 0 Å². The molecule has 2 aliphatic carbocycles. The Morgan fingerprint density at radius 3 is 1.28 bits per heavy atom. The molecule has 3 nitrogen and oxygen atoms in total. The summed E-state index contributed by atoms with van der Waals surface area (Å²) in [6.45, 7) is 8.86. The van der Waals surface area contributed by atoms with E-state index >= 15 is 4.39 Å². The Morgan fingerprint density at radius 2 is 0.838 bits per heavy atom. The zero-order chi connectivity index (χ0) is 46.6. The van der Waals surface area contributed by atoms with Crippen molar-refractivity contribution in [3.8, 4) is 45.5 Å². The average Bonchev–Trinajstić information content (AvgIpc) is 3.77. The van der Waals surface area contributed by atoms with Crippen molar-refractivity contribution in [2.45, 2.75) is 43.9 Å². The van der Waals surface area contributed by atoms with Crippen LogP contribution in [0.15, 0.2) is 206 Å². The maximum atomic E-state index is 18.5. The van der Waals surface area contributed by atoms with Crippen molar-refractivity contribution >= 4 is 45.9 Å². The highest BCUT2D eigenvalue weighted by Gasteiger charge is 2.69. The number of benzene rings is 9. The third kappa shape index (κ3) is 5.20. The smallest absolute Gasteiger partial charge is 0.184 e. The molecular formula is C63H46FN3Si. The van der Waals surface area contributed by atoms with Gasteiger partial charge in [-0.3, -0.25) is 0 Å². The van der Waals surface area contributed by atoms with Gasteiger partial charge in [0.2, 0.25) is 0 Å². The molecule has 9 aromatic rings. The first kappa shape index (κ1) is 41.3. The number of para-hydroxylation sites is 2. The fraction of sp³-hybridized carbons (Fsp3) is 0.111. The van der Waals surface area contributed by atoms with Crippen LogP contribution in [-0.2, 0) is 16.2 Å². The van der Waals surface area contributed by atoms with Crippen LogP contribution in [0, 0.1) is 28.5 Å². The third-order valence-corrected chi connectivity index (χ3v) is 20.7. The normalized spacial score (nSPS) is 15.8. The summed E-state index contributed by atoms with van der Waals surface area (Å²) in [6, 6.07) is 78.0. The van der Waals surface area contributed by atoms with Crippen LogP contribution in [0.3, 0.4) is 0 Å². The van der Waals surface area contributed by atoms with Crippen molar-refractivity contribution in [2.75, 3.05) is 4.90 Å². The lowest BCUT2D eigenvalue weighted by Gasteiger charge is -2.50. The predicted molar refractivity (Wildman–Crippen MR) is 277 cm³/mol. The first-order valence-corrected chi connectivity index (χ1v) is 25.3. The van der Waals surface area contributed by atoms with E-state index in [1.54, 1.807) is 0 Å². The van der Waals surface area contributed by atoms with E-state index in [-0.39, 0.29) is 11.1 Å². The van der Waals surface area contributed by atoms with E-state index < -0.39 is 30.1 Å². The van der Waals surface area contributed by atoms with Crippen molar-refractivity contribution in [3.63, 3.8) is 0 Å². The Labute approximate surface area is 398 Å². The van der Waals surface area contributed by atoms with Crippen molar-refractivity contribution in [1.29, 1.82) is 10.5 Å². The van der Waals surface area contributed by atoms with Crippen molar-refractivity contribution in [2.24, 2.45) is 0 Å². The Kier molecular flexibility index (Phi) is 9.10. The maximum absolute atomic E-state index is 18.5.